The molecule has 160 valence electrons. The molecule has 0 aromatic heterocycles. The van der Waals surface area contributed by atoms with Crippen LogP contribution in [-0.4, -0.2) is 53.3 Å². The van der Waals surface area contributed by atoms with Crippen LogP contribution in [0.4, 0.5) is 13.6 Å². The number of amides is 1. The van der Waals surface area contributed by atoms with Crippen molar-refractivity contribution < 1.29 is 33.0 Å². The number of nitrogens with zero attached hydrogens (tertiary/aromatic N) is 1. The number of aliphatic hydroxyl groups is 1. The van der Waals surface area contributed by atoms with Gasteiger partial charge in [0.25, 0.3) is 5.92 Å². The minimum absolute atomic E-state index is 0.0600. The molecule has 1 aromatic carbocycles. The molecule has 2 rings (SSSR count). The Morgan fingerprint density at radius 3 is 2.41 bits per heavy atom. The van der Waals surface area contributed by atoms with Gasteiger partial charge in [0.2, 0.25) is 0 Å². The summed E-state index contributed by atoms with van der Waals surface area (Å²) in [5.74, 6) is -4.67. The SMILES string of the molecule is C=C(C(=O)OCc1ccccc1)C1(C(F)(F)CO)CCN(C(=O)OC(C)(C)C)C1. The molecule has 1 saturated heterocycles. The number of benzene rings is 1. The first-order valence-electron chi connectivity index (χ1n) is 9.29. The van der Waals surface area contributed by atoms with E-state index in [9.17, 15) is 23.5 Å². The minimum Gasteiger partial charge on any atom is -0.457 e. The molecule has 6 nitrogen and oxygen atoms in total. The second-order valence-corrected chi connectivity index (χ2v) is 8.14. The van der Waals surface area contributed by atoms with Crippen LogP contribution in [0.1, 0.15) is 32.8 Å². The van der Waals surface area contributed by atoms with Gasteiger partial charge < -0.3 is 19.5 Å². The summed E-state index contributed by atoms with van der Waals surface area (Å²) >= 11 is 0. The lowest BCUT2D eigenvalue weighted by Gasteiger charge is -2.36. The lowest BCUT2D eigenvalue weighted by atomic mass is 9.74. The van der Waals surface area contributed by atoms with Crippen LogP contribution >= 0.6 is 0 Å². The summed E-state index contributed by atoms with van der Waals surface area (Å²) in [7, 11) is 0. The van der Waals surface area contributed by atoms with E-state index in [4.69, 9.17) is 9.47 Å². The third kappa shape index (κ3) is 5.12. The number of esters is 1. The molecule has 1 aliphatic rings. The molecule has 1 aliphatic heterocycles. The van der Waals surface area contributed by atoms with Crippen molar-refractivity contribution in [2.75, 3.05) is 19.7 Å². The van der Waals surface area contributed by atoms with Crippen LogP contribution in [0.3, 0.4) is 0 Å². The Kier molecular flexibility index (Phi) is 6.67. The van der Waals surface area contributed by atoms with Crippen molar-refractivity contribution in [1.82, 2.24) is 4.90 Å². The Balaban J connectivity index is 2.19. The van der Waals surface area contributed by atoms with Crippen molar-refractivity contribution in [2.45, 2.75) is 45.3 Å². The highest BCUT2D eigenvalue weighted by molar-refractivity contribution is 5.90. The molecular formula is C21H27F2NO5. The summed E-state index contributed by atoms with van der Waals surface area (Å²) in [6.07, 6.45) is -1.02. The van der Waals surface area contributed by atoms with Crippen molar-refractivity contribution in [1.29, 1.82) is 0 Å². The fourth-order valence-electron chi connectivity index (χ4n) is 3.21. The van der Waals surface area contributed by atoms with E-state index >= 15 is 0 Å². The van der Waals surface area contributed by atoms with Crippen LogP contribution in [0.5, 0.6) is 0 Å². The molecule has 0 aliphatic carbocycles. The molecule has 0 bridgehead atoms. The number of alkyl halides is 2. The first-order valence-corrected chi connectivity index (χ1v) is 9.29. The van der Waals surface area contributed by atoms with Crippen LogP contribution in [-0.2, 0) is 20.9 Å². The number of carbonyl (C=O) groups excluding carboxylic acids is 2. The zero-order valence-corrected chi connectivity index (χ0v) is 16.9. The average Bonchev–Trinajstić information content (AvgIpc) is 3.12. The van der Waals surface area contributed by atoms with Gasteiger partial charge in [0, 0.05) is 18.7 Å². The number of hydrogen-bond acceptors (Lipinski definition) is 5. The normalized spacial score (nSPS) is 19.7. The predicted molar refractivity (Wildman–Crippen MR) is 102 cm³/mol. The third-order valence-electron chi connectivity index (χ3n) is 4.86. The topological polar surface area (TPSA) is 76.1 Å². The maximum atomic E-state index is 14.8. The fourth-order valence-corrected chi connectivity index (χ4v) is 3.21. The number of carbonyl (C=O) groups is 2. The number of halogens is 2. The first kappa shape index (κ1) is 22.8. The van der Waals surface area contributed by atoms with Crippen LogP contribution in [0.2, 0.25) is 0 Å². The highest BCUT2D eigenvalue weighted by atomic mass is 19.3. The number of hydrogen-bond donors (Lipinski definition) is 1. The van der Waals surface area contributed by atoms with Gasteiger partial charge in [0.05, 0.1) is 5.41 Å². The Morgan fingerprint density at radius 2 is 1.86 bits per heavy atom. The summed E-state index contributed by atoms with van der Waals surface area (Å²) in [6.45, 7) is 6.40. The van der Waals surface area contributed by atoms with E-state index in [0.717, 1.165) is 4.90 Å². The van der Waals surface area contributed by atoms with Gasteiger partial charge in [-0.2, -0.15) is 0 Å². The highest BCUT2D eigenvalue weighted by Crippen LogP contribution is 2.49. The van der Waals surface area contributed by atoms with Gasteiger partial charge in [-0.25, -0.2) is 18.4 Å². The second kappa shape index (κ2) is 8.49. The molecule has 1 heterocycles. The lowest BCUT2D eigenvalue weighted by molar-refractivity contribution is -0.155. The van der Waals surface area contributed by atoms with Crippen molar-refractivity contribution in [3.05, 3.63) is 48.0 Å². The zero-order chi connectivity index (χ0) is 21.9. The van der Waals surface area contributed by atoms with E-state index in [1.54, 1.807) is 51.1 Å². The Morgan fingerprint density at radius 1 is 1.24 bits per heavy atom. The van der Waals surface area contributed by atoms with Crippen molar-refractivity contribution in [3.8, 4) is 0 Å². The van der Waals surface area contributed by atoms with Gasteiger partial charge in [-0.1, -0.05) is 36.9 Å². The summed E-state index contributed by atoms with van der Waals surface area (Å²) in [5.41, 5.74) is -2.71. The molecule has 8 heteroatoms. The largest absolute Gasteiger partial charge is 0.457 e. The third-order valence-corrected chi connectivity index (χ3v) is 4.86. The monoisotopic (exact) mass is 411 g/mol. The van der Waals surface area contributed by atoms with E-state index in [1.807, 2.05) is 0 Å². The smallest absolute Gasteiger partial charge is 0.410 e. The molecular weight excluding hydrogens is 384 g/mol. The molecule has 1 fully saturated rings. The Hall–Kier alpha value is -2.48. The maximum Gasteiger partial charge on any atom is 0.410 e. The summed E-state index contributed by atoms with van der Waals surface area (Å²) in [6, 6.07) is 8.77. The number of likely N-dealkylation sites (tertiary alicyclic amines) is 1. The number of aliphatic hydroxyl groups excluding tert-OH is 1. The van der Waals surface area contributed by atoms with E-state index < -0.39 is 47.7 Å². The lowest BCUT2D eigenvalue weighted by Crippen LogP contribution is -2.50. The molecule has 1 amide bonds. The zero-order valence-electron chi connectivity index (χ0n) is 16.9. The van der Waals surface area contributed by atoms with Crippen LogP contribution in [0.15, 0.2) is 42.5 Å². The van der Waals surface area contributed by atoms with Gasteiger partial charge in [0.1, 0.15) is 18.8 Å². The number of ether oxygens (including phenoxy) is 2. The molecule has 1 atom stereocenters. The molecule has 1 N–H and O–H groups in total. The average molecular weight is 411 g/mol. The van der Waals surface area contributed by atoms with Gasteiger partial charge in [0.15, 0.2) is 0 Å². The van der Waals surface area contributed by atoms with E-state index in [2.05, 4.69) is 6.58 Å². The summed E-state index contributed by atoms with van der Waals surface area (Å²) in [5, 5.41) is 9.29. The Bertz CT molecular complexity index is 760. The summed E-state index contributed by atoms with van der Waals surface area (Å²) in [4.78, 5) is 25.9. The van der Waals surface area contributed by atoms with Crippen molar-refractivity contribution >= 4 is 12.1 Å². The molecule has 0 saturated carbocycles. The van der Waals surface area contributed by atoms with Crippen LogP contribution in [0.25, 0.3) is 0 Å². The molecule has 0 radical (unpaired) electrons. The van der Waals surface area contributed by atoms with Gasteiger partial charge in [-0.3, -0.25) is 0 Å². The van der Waals surface area contributed by atoms with E-state index in [0.29, 0.717) is 5.56 Å². The van der Waals surface area contributed by atoms with Crippen molar-refractivity contribution in [2.24, 2.45) is 5.41 Å². The van der Waals surface area contributed by atoms with Crippen LogP contribution < -0.4 is 0 Å². The summed E-state index contributed by atoms with van der Waals surface area (Å²) < 4.78 is 39.9. The van der Waals surface area contributed by atoms with E-state index in [1.165, 1.54) is 0 Å². The van der Waals surface area contributed by atoms with Crippen LogP contribution in [0, 0.1) is 5.41 Å². The molecule has 1 unspecified atom stereocenters. The molecule has 0 spiro atoms. The highest BCUT2D eigenvalue weighted by Gasteiger charge is 2.61. The van der Waals surface area contributed by atoms with Crippen molar-refractivity contribution in [3.63, 3.8) is 0 Å². The minimum atomic E-state index is -3.67. The maximum absolute atomic E-state index is 14.8. The Labute approximate surface area is 169 Å². The molecule has 29 heavy (non-hydrogen) atoms. The van der Waals surface area contributed by atoms with Gasteiger partial charge in [-0.15, -0.1) is 0 Å². The van der Waals surface area contributed by atoms with Gasteiger partial charge in [-0.05, 0) is 32.8 Å². The van der Waals surface area contributed by atoms with E-state index in [-0.39, 0.29) is 19.6 Å². The first-order chi connectivity index (χ1) is 13.4. The number of rotatable bonds is 6. The second-order valence-electron chi connectivity index (χ2n) is 8.14. The predicted octanol–water partition coefficient (Wildman–Crippen LogP) is 3.54. The quantitative estimate of drug-likeness (QED) is 0.572. The molecule has 1 aromatic rings. The fraction of sp³-hybridized carbons (Fsp3) is 0.524. The standard InChI is InChI=1S/C21H27F2NO5/c1-15(17(26)28-12-16-8-6-5-7-9-16)20(21(22,23)14-25)10-11-24(13-20)18(27)29-19(2,3)4/h5-9,25H,1,10-14H2,2-4H3. The van der Waals surface area contributed by atoms with Gasteiger partial charge >= 0.3 is 12.1 Å².